The quantitative estimate of drug-likeness (QED) is 0.782. The maximum atomic E-state index is 12.2. The average molecular weight is 293 g/mol. The van der Waals surface area contributed by atoms with Gasteiger partial charge in [0.05, 0.1) is 13.0 Å². The van der Waals surface area contributed by atoms with Crippen molar-refractivity contribution in [3.8, 4) is 5.75 Å². The average Bonchev–Trinajstić information content (AvgIpc) is 2.50. The van der Waals surface area contributed by atoms with Crippen LogP contribution in [-0.2, 0) is 9.57 Å². The Labute approximate surface area is 125 Å². The molecule has 0 spiro atoms. The van der Waals surface area contributed by atoms with E-state index in [9.17, 15) is 5.21 Å². The molecule has 0 bridgehead atoms. The zero-order chi connectivity index (χ0) is 15.5. The monoisotopic (exact) mass is 293 g/mol. The van der Waals surface area contributed by atoms with Crippen LogP contribution in [0.2, 0.25) is 0 Å². The van der Waals surface area contributed by atoms with E-state index < -0.39 is 5.79 Å². The zero-order valence-electron chi connectivity index (χ0n) is 13.1. The molecule has 0 fully saturated rings. The second-order valence-corrected chi connectivity index (χ2v) is 5.46. The Morgan fingerprint density at radius 3 is 2.52 bits per heavy atom. The summed E-state index contributed by atoms with van der Waals surface area (Å²) in [5, 5.41) is 12.2. The molecular weight excluding hydrogens is 270 g/mol. The van der Waals surface area contributed by atoms with Crippen LogP contribution in [0.25, 0.3) is 0 Å². The molecule has 1 heterocycles. The molecule has 5 heteroatoms. The predicted octanol–water partition coefficient (Wildman–Crippen LogP) is 3.23. The van der Waals surface area contributed by atoms with Crippen molar-refractivity contribution >= 4 is 5.71 Å². The van der Waals surface area contributed by atoms with Gasteiger partial charge in [-0.15, -0.1) is 0 Å². The zero-order valence-corrected chi connectivity index (χ0v) is 13.1. The molecule has 1 aromatic carbocycles. The van der Waals surface area contributed by atoms with Crippen molar-refractivity contribution in [1.82, 2.24) is 0 Å². The van der Waals surface area contributed by atoms with Crippen LogP contribution in [0, 0.1) is 5.21 Å². The third-order valence-electron chi connectivity index (χ3n) is 3.94. The van der Waals surface area contributed by atoms with Crippen LogP contribution in [0.4, 0.5) is 0 Å². The summed E-state index contributed by atoms with van der Waals surface area (Å²) in [7, 11) is 3.20. The molecule has 1 aliphatic rings. The molecule has 21 heavy (non-hydrogen) atoms. The van der Waals surface area contributed by atoms with Gasteiger partial charge < -0.3 is 14.3 Å². The fourth-order valence-electron chi connectivity index (χ4n) is 2.68. The highest BCUT2D eigenvalue weighted by Gasteiger charge is 2.40. The molecule has 0 aromatic heterocycles. The molecule has 2 rings (SSSR count). The van der Waals surface area contributed by atoms with Gasteiger partial charge in [-0.1, -0.05) is 19.1 Å². The molecule has 1 aliphatic heterocycles. The highest BCUT2D eigenvalue weighted by atomic mass is 16.9. The molecule has 0 radical (unpaired) electrons. The van der Waals surface area contributed by atoms with E-state index in [2.05, 4.69) is 6.92 Å². The maximum Gasteiger partial charge on any atom is 0.229 e. The number of hydrogen-bond acceptors (Lipinski definition) is 4. The number of hydrogen-bond donors (Lipinski definition) is 0. The van der Waals surface area contributed by atoms with E-state index in [0.717, 1.165) is 23.4 Å². The van der Waals surface area contributed by atoms with Crippen molar-refractivity contribution in [2.75, 3.05) is 14.2 Å². The van der Waals surface area contributed by atoms with E-state index in [1.807, 2.05) is 24.3 Å². The van der Waals surface area contributed by atoms with Crippen LogP contribution in [-0.4, -0.2) is 30.6 Å². The van der Waals surface area contributed by atoms with Crippen molar-refractivity contribution < 1.29 is 19.2 Å². The third-order valence-corrected chi connectivity index (χ3v) is 3.94. The Bertz CT molecular complexity index is 512. The molecule has 116 valence electrons. The van der Waals surface area contributed by atoms with Gasteiger partial charge >= 0.3 is 0 Å². The van der Waals surface area contributed by atoms with Gasteiger partial charge in [-0.05, 0) is 31.0 Å². The molecule has 0 unspecified atom stereocenters. The van der Waals surface area contributed by atoms with E-state index in [-0.39, 0.29) is 5.92 Å². The van der Waals surface area contributed by atoms with Crippen LogP contribution < -0.4 is 4.74 Å². The van der Waals surface area contributed by atoms with E-state index in [4.69, 9.17) is 14.3 Å². The van der Waals surface area contributed by atoms with E-state index in [1.54, 1.807) is 21.1 Å². The first-order chi connectivity index (χ1) is 10.0. The third kappa shape index (κ3) is 3.29. The highest BCUT2D eigenvalue weighted by Crippen LogP contribution is 2.36. The summed E-state index contributed by atoms with van der Waals surface area (Å²) < 4.78 is 10.6. The van der Waals surface area contributed by atoms with Gasteiger partial charge in [-0.25, -0.2) is 0 Å². The fourth-order valence-corrected chi connectivity index (χ4v) is 2.68. The number of benzene rings is 1. The van der Waals surface area contributed by atoms with Crippen LogP contribution in [0.15, 0.2) is 24.3 Å². The smallest absolute Gasteiger partial charge is 0.229 e. The van der Waals surface area contributed by atoms with Gasteiger partial charge in [-0.3, -0.25) is 5.21 Å². The Kier molecular flexibility index (Phi) is 4.73. The first-order valence-electron chi connectivity index (χ1n) is 7.24. The minimum absolute atomic E-state index is 0.00736. The summed E-state index contributed by atoms with van der Waals surface area (Å²) in [6.07, 6.45) is 2.22. The standard InChI is InChI=1S/C16H23NO4/c1-5-6-15-14(11-16(2,20-4)21-17(15)18)12-7-9-13(19-3)10-8-12/h7-10,14H,5-6,11H2,1-4H3/t14-,16-/m0/s1. The van der Waals surface area contributed by atoms with Crippen LogP contribution in [0.1, 0.15) is 44.6 Å². The first kappa shape index (κ1) is 15.6. The summed E-state index contributed by atoms with van der Waals surface area (Å²) in [6.45, 7) is 3.84. The Hall–Kier alpha value is -1.75. The SMILES string of the molecule is CCCC1=[N+]([O-])O[C@](C)(OC)C[C@H]1c1ccc(OC)cc1. The van der Waals surface area contributed by atoms with Crippen molar-refractivity contribution in [3.05, 3.63) is 35.0 Å². The lowest BCUT2D eigenvalue weighted by Crippen LogP contribution is -2.44. The summed E-state index contributed by atoms with van der Waals surface area (Å²) >= 11 is 0. The summed E-state index contributed by atoms with van der Waals surface area (Å²) in [5.41, 5.74) is 1.82. The Morgan fingerprint density at radius 2 is 2.00 bits per heavy atom. The van der Waals surface area contributed by atoms with E-state index in [0.29, 0.717) is 17.7 Å². The first-order valence-corrected chi connectivity index (χ1v) is 7.24. The minimum Gasteiger partial charge on any atom is -0.497 e. The van der Waals surface area contributed by atoms with Gasteiger partial charge in [-0.2, -0.15) is 0 Å². The molecule has 1 aromatic rings. The number of rotatable bonds is 5. The molecule has 5 nitrogen and oxygen atoms in total. The van der Waals surface area contributed by atoms with Crippen molar-refractivity contribution in [3.63, 3.8) is 0 Å². The van der Waals surface area contributed by atoms with E-state index in [1.165, 1.54) is 0 Å². The van der Waals surface area contributed by atoms with Crippen molar-refractivity contribution in [2.45, 2.75) is 44.8 Å². The van der Waals surface area contributed by atoms with Crippen LogP contribution >= 0.6 is 0 Å². The second kappa shape index (κ2) is 6.35. The van der Waals surface area contributed by atoms with Gasteiger partial charge in [0.25, 0.3) is 0 Å². The minimum atomic E-state index is -0.899. The number of ether oxygens (including phenoxy) is 2. The predicted molar refractivity (Wildman–Crippen MR) is 80.4 cm³/mol. The molecule has 0 aliphatic carbocycles. The molecule has 0 saturated carbocycles. The summed E-state index contributed by atoms with van der Waals surface area (Å²) in [4.78, 5) is 6.02. The lowest BCUT2D eigenvalue weighted by atomic mass is 9.85. The van der Waals surface area contributed by atoms with Crippen molar-refractivity contribution in [2.24, 2.45) is 0 Å². The molecule has 2 atom stereocenters. The molecule has 0 amide bonds. The molecule has 0 saturated heterocycles. The van der Waals surface area contributed by atoms with Gasteiger partial charge in [0.2, 0.25) is 5.71 Å². The maximum absolute atomic E-state index is 12.2. The molecule has 0 N–H and O–H groups in total. The lowest BCUT2D eigenvalue weighted by Gasteiger charge is -2.37. The lowest BCUT2D eigenvalue weighted by molar-refractivity contribution is -0.787. The summed E-state index contributed by atoms with van der Waals surface area (Å²) in [6, 6.07) is 7.81. The summed E-state index contributed by atoms with van der Waals surface area (Å²) in [5.74, 6) is -0.104. The van der Waals surface area contributed by atoms with Gasteiger partial charge in [0.15, 0.2) is 5.79 Å². The fraction of sp³-hybridized carbons (Fsp3) is 0.562. The topological polar surface area (TPSA) is 53.8 Å². The van der Waals surface area contributed by atoms with Gasteiger partial charge in [0.1, 0.15) is 5.75 Å². The number of methoxy groups -OCH3 is 2. The van der Waals surface area contributed by atoms with Gasteiger partial charge in [0, 0.05) is 24.9 Å². The normalized spacial score (nSPS) is 25.6. The second-order valence-electron chi connectivity index (χ2n) is 5.46. The molecular formula is C16H23NO4. The Balaban J connectivity index is 2.38. The largest absolute Gasteiger partial charge is 0.497 e. The Morgan fingerprint density at radius 1 is 1.33 bits per heavy atom. The van der Waals surface area contributed by atoms with Crippen LogP contribution in [0.3, 0.4) is 0 Å². The van der Waals surface area contributed by atoms with Crippen molar-refractivity contribution in [1.29, 1.82) is 0 Å². The number of nitrogens with zero attached hydrogens (tertiary/aromatic N) is 1. The van der Waals surface area contributed by atoms with E-state index >= 15 is 0 Å². The van der Waals surface area contributed by atoms with Crippen LogP contribution in [0.5, 0.6) is 5.75 Å². The highest BCUT2D eigenvalue weighted by molar-refractivity contribution is 5.87.